The number of amides is 1. The molecule has 1 aromatic heterocycles. The number of carbonyl (C=O) groups excluding carboxylic acids is 1. The molecule has 1 aliphatic heterocycles. The van der Waals surface area contributed by atoms with E-state index in [1.807, 2.05) is 36.5 Å². The highest BCUT2D eigenvalue weighted by atomic mass is 16.5. The molecule has 1 saturated heterocycles. The zero-order valence-corrected chi connectivity index (χ0v) is 11.0. The lowest BCUT2D eigenvalue weighted by molar-refractivity contribution is -0.128. The fourth-order valence-electron chi connectivity index (χ4n) is 2.14. The van der Waals surface area contributed by atoms with E-state index in [1.165, 1.54) is 0 Å². The zero-order valence-electron chi connectivity index (χ0n) is 11.0. The van der Waals surface area contributed by atoms with E-state index < -0.39 is 6.10 Å². The van der Waals surface area contributed by atoms with Gasteiger partial charge in [0, 0.05) is 25.5 Å². The summed E-state index contributed by atoms with van der Waals surface area (Å²) in [5.41, 5.74) is 1.55. The SMILES string of the molecule is O=C(Nc1ccccc1-n1cccn1)C1CNCCO1. The average molecular weight is 272 g/mol. The summed E-state index contributed by atoms with van der Waals surface area (Å²) in [5.74, 6) is -0.142. The number of nitrogens with zero attached hydrogens (tertiary/aromatic N) is 2. The highest BCUT2D eigenvalue weighted by Gasteiger charge is 2.22. The first kappa shape index (κ1) is 12.8. The van der Waals surface area contributed by atoms with Crippen LogP contribution in [-0.2, 0) is 9.53 Å². The molecule has 6 nitrogen and oxygen atoms in total. The van der Waals surface area contributed by atoms with E-state index in [9.17, 15) is 4.79 Å². The van der Waals surface area contributed by atoms with Gasteiger partial charge in [-0.05, 0) is 18.2 Å². The van der Waals surface area contributed by atoms with Crippen LogP contribution in [0.1, 0.15) is 0 Å². The van der Waals surface area contributed by atoms with E-state index in [0.717, 1.165) is 17.9 Å². The molecule has 2 aromatic rings. The van der Waals surface area contributed by atoms with Crippen molar-refractivity contribution in [3.8, 4) is 5.69 Å². The third kappa shape index (κ3) is 2.71. The van der Waals surface area contributed by atoms with E-state index in [4.69, 9.17) is 4.74 Å². The van der Waals surface area contributed by atoms with Crippen molar-refractivity contribution in [1.29, 1.82) is 0 Å². The van der Waals surface area contributed by atoms with E-state index >= 15 is 0 Å². The van der Waals surface area contributed by atoms with Crippen molar-refractivity contribution in [2.75, 3.05) is 25.0 Å². The van der Waals surface area contributed by atoms with Gasteiger partial charge in [0.1, 0.15) is 6.10 Å². The van der Waals surface area contributed by atoms with Gasteiger partial charge in [0.2, 0.25) is 0 Å². The number of hydrogen-bond acceptors (Lipinski definition) is 4. The lowest BCUT2D eigenvalue weighted by Gasteiger charge is -2.23. The maximum atomic E-state index is 12.2. The molecule has 104 valence electrons. The number of hydrogen-bond donors (Lipinski definition) is 2. The molecule has 0 bridgehead atoms. The molecule has 1 amide bonds. The molecule has 2 N–H and O–H groups in total. The second kappa shape index (κ2) is 5.85. The van der Waals surface area contributed by atoms with Crippen LogP contribution in [0.4, 0.5) is 5.69 Å². The Bertz CT molecular complexity index is 577. The Morgan fingerprint density at radius 3 is 3.05 bits per heavy atom. The Morgan fingerprint density at radius 2 is 2.30 bits per heavy atom. The van der Waals surface area contributed by atoms with Crippen molar-refractivity contribution in [3.05, 3.63) is 42.7 Å². The highest BCUT2D eigenvalue weighted by molar-refractivity contribution is 5.96. The summed E-state index contributed by atoms with van der Waals surface area (Å²) in [6, 6.07) is 9.38. The molecule has 1 atom stereocenters. The molecule has 2 heterocycles. The van der Waals surface area contributed by atoms with Crippen LogP contribution in [0.3, 0.4) is 0 Å². The summed E-state index contributed by atoms with van der Waals surface area (Å²) in [4.78, 5) is 12.2. The van der Waals surface area contributed by atoms with E-state index in [2.05, 4.69) is 15.7 Å². The zero-order chi connectivity index (χ0) is 13.8. The van der Waals surface area contributed by atoms with Crippen molar-refractivity contribution in [2.45, 2.75) is 6.10 Å². The first-order valence-electron chi connectivity index (χ1n) is 6.57. The monoisotopic (exact) mass is 272 g/mol. The van der Waals surface area contributed by atoms with E-state index in [-0.39, 0.29) is 5.91 Å². The summed E-state index contributed by atoms with van der Waals surface area (Å²) < 4.78 is 7.16. The van der Waals surface area contributed by atoms with Crippen LogP contribution in [-0.4, -0.2) is 41.5 Å². The molecule has 1 unspecified atom stereocenters. The number of rotatable bonds is 3. The fourth-order valence-corrected chi connectivity index (χ4v) is 2.14. The molecular formula is C14H16N4O2. The Hall–Kier alpha value is -2.18. The highest BCUT2D eigenvalue weighted by Crippen LogP contribution is 2.19. The Kier molecular flexibility index (Phi) is 3.76. The summed E-state index contributed by atoms with van der Waals surface area (Å²) in [5, 5.41) is 10.2. The van der Waals surface area contributed by atoms with Crippen LogP contribution in [0.25, 0.3) is 5.69 Å². The number of aromatic nitrogens is 2. The number of carbonyl (C=O) groups is 1. The van der Waals surface area contributed by atoms with Gasteiger partial charge in [-0.2, -0.15) is 5.10 Å². The van der Waals surface area contributed by atoms with Gasteiger partial charge < -0.3 is 15.4 Å². The fraction of sp³-hybridized carbons (Fsp3) is 0.286. The normalized spacial score (nSPS) is 18.7. The van der Waals surface area contributed by atoms with Crippen molar-refractivity contribution in [2.24, 2.45) is 0 Å². The smallest absolute Gasteiger partial charge is 0.254 e. The summed E-state index contributed by atoms with van der Waals surface area (Å²) in [6.07, 6.45) is 3.09. The summed E-state index contributed by atoms with van der Waals surface area (Å²) >= 11 is 0. The van der Waals surface area contributed by atoms with Gasteiger partial charge >= 0.3 is 0 Å². The van der Waals surface area contributed by atoms with Gasteiger partial charge in [0.25, 0.3) is 5.91 Å². The van der Waals surface area contributed by atoms with Gasteiger partial charge in [-0.3, -0.25) is 4.79 Å². The lowest BCUT2D eigenvalue weighted by atomic mass is 10.2. The van der Waals surface area contributed by atoms with Crippen molar-refractivity contribution in [1.82, 2.24) is 15.1 Å². The number of ether oxygens (including phenoxy) is 1. The standard InChI is InChI=1S/C14H16N4O2/c19-14(13-10-15-7-9-20-13)17-11-4-1-2-5-12(11)18-8-3-6-16-18/h1-6,8,13,15H,7,9-10H2,(H,17,19). The van der Waals surface area contributed by atoms with Crippen molar-refractivity contribution >= 4 is 11.6 Å². The van der Waals surface area contributed by atoms with Crippen LogP contribution in [0, 0.1) is 0 Å². The number of morpholine rings is 1. The van der Waals surface area contributed by atoms with E-state index in [0.29, 0.717) is 13.2 Å². The third-order valence-electron chi connectivity index (χ3n) is 3.13. The number of benzene rings is 1. The van der Waals surface area contributed by atoms with Gasteiger partial charge in [-0.25, -0.2) is 4.68 Å². The molecule has 0 radical (unpaired) electrons. The van der Waals surface area contributed by atoms with Crippen LogP contribution in [0.2, 0.25) is 0 Å². The van der Waals surface area contributed by atoms with Gasteiger partial charge in [-0.15, -0.1) is 0 Å². The molecule has 20 heavy (non-hydrogen) atoms. The second-order valence-electron chi connectivity index (χ2n) is 4.52. The number of anilines is 1. The molecule has 3 rings (SSSR count). The van der Waals surface area contributed by atoms with Crippen molar-refractivity contribution < 1.29 is 9.53 Å². The first-order chi connectivity index (χ1) is 9.84. The van der Waals surface area contributed by atoms with Crippen LogP contribution in [0.5, 0.6) is 0 Å². The maximum absolute atomic E-state index is 12.2. The minimum absolute atomic E-state index is 0.142. The minimum Gasteiger partial charge on any atom is -0.366 e. The van der Waals surface area contributed by atoms with Crippen LogP contribution < -0.4 is 10.6 Å². The maximum Gasteiger partial charge on any atom is 0.254 e. The molecule has 1 aliphatic rings. The lowest BCUT2D eigenvalue weighted by Crippen LogP contribution is -2.45. The molecular weight excluding hydrogens is 256 g/mol. The van der Waals surface area contributed by atoms with Gasteiger partial charge in [0.05, 0.1) is 18.0 Å². The molecule has 1 fully saturated rings. The minimum atomic E-state index is -0.450. The second-order valence-corrected chi connectivity index (χ2v) is 4.52. The predicted molar refractivity (Wildman–Crippen MR) is 74.8 cm³/mol. The first-order valence-corrected chi connectivity index (χ1v) is 6.57. The van der Waals surface area contributed by atoms with Crippen LogP contribution >= 0.6 is 0 Å². The Morgan fingerprint density at radius 1 is 1.40 bits per heavy atom. The molecule has 0 spiro atoms. The largest absolute Gasteiger partial charge is 0.366 e. The average Bonchev–Trinajstić information content (AvgIpc) is 3.03. The predicted octanol–water partition coefficient (Wildman–Crippen LogP) is 0.799. The van der Waals surface area contributed by atoms with Gasteiger partial charge in [-0.1, -0.05) is 12.1 Å². The Labute approximate surface area is 116 Å². The number of nitrogens with one attached hydrogen (secondary N) is 2. The van der Waals surface area contributed by atoms with Crippen molar-refractivity contribution in [3.63, 3.8) is 0 Å². The Balaban J connectivity index is 1.79. The van der Waals surface area contributed by atoms with E-state index in [1.54, 1.807) is 10.9 Å². The molecule has 0 saturated carbocycles. The third-order valence-corrected chi connectivity index (χ3v) is 3.13. The quantitative estimate of drug-likeness (QED) is 0.867. The molecule has 6 heteroatoms. The molecule has 0 aliphatic carbocycles. The number of para-hydroxylation sites is 2. The molecule has 1 aromatic carbocycles. The van der Waals surface area contributed by atoms with Crippen LogP contribution in [0.15, 0.2) is 42.7 Å². The summed E-state index contributed by atoms with van der Waals surface area (Å²) in [7, 11) is 0. The topological polar surface area (TPSA) is 68.2 Å². The summed E-state index contributed by atoms with van der Waals surface area (Å²) in [6.45, 7) is 1.88. The van der Waals surface area contributed by atoms with Gasteiger partial charge in [0.15, 0.2) is 0 Å².